The minimum atomic E-state index is -0.0498. The highest BCUT2D eigenvalue weighted by molar-refractivity contribution is 6.30. The monoisotopic (exact) mass is 386 g/mol. The van der Waals surface area contributed by atoms with E-state index in [1.165, 1.54) is 0 Å². The number of pyridine rings is 1. The lowest BCUT2D eigenvalue weighted by Gasteiger charge is -2.23. The van der Waals surface area contributed by atoms with E-state index in [0.29, 0.717) is 36.0 Å². The lowest BCUT2D eigenvalue weighted by molar-refractivity contribution is -0.129. The first-order chi connectivity index (χ1) is 12.9. The van der Waals surface area contributed by atoms with Crippen molar-refractivity contribution in [3.05, 3.63) is 58.7 Å². The highest BCUT2D eigenvalue weighted by atomic mass is 35.5. The first-order valence-corrected chi connectivity index (χ1v) is 9.29. The number of nitrogens with one attached hydrogen (secondary N) is 1. The second kappa shape index (κ2) is 8.39. The fourth-order valence-electron chi connectivity index (χ4n) is 3.10. The van der Waals surface area contributed by atoms with Crippen LogP contribution in [-0.4, -0.2) is 52.8 Å². The van der Waals surface area contributed by atoms with Crippen LogP contribution in [0.4, 0.5) is 5.82 Å². The molecular formula is C20H23ClN4O2. The van der Waals surface area contributed by atoms with Crippen LogP contribution in [0.15, 0.2) is 42.6 Å². The van der Waals surface area contributed by atoms with Gasteiger partial charge in [0.15, 0.2) is 0 Å². The van der Waals surface area contributed by atoms with Crippen molar-refractivity contribution in [1.29, 1.82) is 0 Å². The molecule has 1 fully saturated rings. The zero-order valence-corrected chi connectivity index (χ0v) is 16.2. The van der Waals surface area contributed by atoms with Gasteiger partial charge in [-0.1, -0.05) is 23.7 Å². The van der Waals surface area contributed by atoms with Crippen molar-refractivity contribution in [1.82, 2.24) is 14.8 Å². The number of amides is 2. The van der Waals surface area contributed by atoms with Gasteiger partial charge in [0, 0.05) is 44.8 Å². The number of benzene rings is 1. The second-order valence-corrected chi connectivity index (χ2v) is 7.17. The van der Waals surface area contributed by atoms with E-state index in [9.17, 15) is 9.59 Å². The maximum Gasteiger partial charge on any atom is 0.255 e. The molecule has 1 aromatic carbocycles. The van der Waals surface area contributed by atoms with E-state index in [2.05, 4.69) is 10.3 Å². The van der Waals surface area contributed by atoms with E-state index in [4.69, 9.17) is 11.6 Å². The molecule has 1 N–H and O–H groups in total. The maximum absolute atomic E-state index is 12.7. The van der Waals surface area contributed by atoms with E-state index < -0.39 is 0 Å². The van der Waals surface area contributed by atoms with Gasteiger partial charge in [0.25, 0.3) is 5.91 Å². The molecule has 0 saturated carbocycles. The molecule has 0 spiro atoms. The van der Waals surface area contributed by atoms with Gasteiger partial charge in [0.05, 0.1) is 11.6 Å². The molecule has 1 aliphatic rings. The van der Waals surface area contributed by atoms with Crippen LogP contribution in [-0.2, 0) is 11.3 Å². The largest absolute Gasteiger partial charge is 0.366 e. The zero-order chi connectivity index (χ0) is 19.4. The summed E-state index contributed by atoms with van der Waals surface area (Å²) < 4.78 is 0. The molecule has 1 saturated heterocycles. The molecule has 2 aromatic rings. The Morgan fingerprint density at radius 1 is 1.26 bits per heavy atom. The fraction of sp³-hybridized carbons (Fsp3) is 0.350. The number of likely N-dealkylation sites (N-methyl/N-ethyl adjacent to an activating group) is 1. The Morgan fingerprint density at radius 3 is 2.63 bits per heavy atom. The Balaban J connectivity index is 1.56. The highest BCUT2D eigenvalue weighted by Gasteiger charge is 2.30. The molecule has 6 nitrogen and oxygen atoms in total. The summed E-state index contributed by atoms with van der Waals surface area (Å²) in [4.78, 5) is 32.0. The third kappa shape index (κ3) is 4.77. The average molecular weight is 387 g/mol. The summed E-state index contributed by atoms with van der Waals surface area (Å²) in [6.07, 6.45) is 2.39. The number of rotatable bonds is 5. The molecule has 142 valence electrons. The molecule has 2 heterocycles. The molecule has 1 atom stereocenters. The van der Waals surface area contributed by atoms with Crippen LogP contribution in [0.5, 0.6) is 0 Å². The summed E-state index contributed by atoms with van der Waals surface area (Å²) in [6, 6.07) is 11.3. The molecule has 3 rings (SSSR count). The third-order valence-corrected chi connectivity index (χ3v) is 5.14. The van der Waals surface area contributed by atoms with E-state index in [1.807, 2.05) is 24.3 Å². The second-order valence-electron chi connectivity index (χ2n) is 6.74. The predicted molar refractivity (Wildman–Crippen MR) is 106 cm³/mol. The Morgan fingerprint density at radius 2 is 2.00 bits per heavy atom. The summed E-state index contributed by atoms with van der Waals surface area (Å²) >= 11 is 5.88. The molecule has 1 aromatic heterocycles. The van der Waals surface area contributed by atoms with E-state index in [0.717, 1.165) is 12.0 Å². The Hall–Kier alpha value is -2.60. The van der Waals surface area contributed by atoms with Crippen molar-refractivity contribution in [2.24, 2.45) is 0 Å². The van der Waals surface area contributed by atoms with Gasteiger partial charge in [-0.2, -0.15) is 0 Å². The number of hydrogen-bond acceptors (Lipinski definition) is 4. The van der Waals surface area contributed by atoms with Gasteiger partial charge in [-0.15, -0.1) is 0 Å². The molecule has 0 aliphatic carbocycles. The number of halogens is 1. The van der Waals surface area contributed by atoms with Gasteiger partial charge in [-0.25, -0.2) is 4.98 Å². The van der Waals surface area contributed by atoms with Crippen LogP contribution in [0.25, 0.3) is 0 Å². The van der Waals surface area contributed by atoms with Crippen LogP contribution >= 0.6 is 11.6 Å². The van der Waals surface area contributed by atoms with E-state index >= 15 is 0 Å². The standard InChI is InChI=1S/C20H23ClN4O2/c1-14(26)24(2)18-9-10-25(13-18)20(27)16-5-8-19(23-12-16)22-11-15-3-6-17(21)7-4-15/h3-8,12,18H,9-11,13H2,1-2H3,(H,22,23)/t18-/m0/s1. The van der Waals surface area contributed by atoms with Crippen molar-refractivity contribution >= 4 is 29.2 Å². The maximum atomic E-state index is 12.7. The predicted octanol–water partition coefficient (Wildman–Crippen LogP) is 3.04. The van der Waals surface area contributed by atoms with Crippen molar-refractivity contribution in [3.63, 3.8) is 0 Å². The van der Waals surface area contributed by atoms with Gasteiger partial charge in [0.2, 0.25) is 5.91 Å². The summed E-state index contributed by atoms with van der Waals surface area (Å²) in [5.74, 6) is 0.676. The van der Waals surface area contributed by atoms with Crippen LogP contribution < -0.4 is 5.32 Å². The van der Waals surface area contributed by atoms with E-state index in [-0.39, 0.29) is 17.9 Å². The molecular weight excluding hydrogens is 364 g/mol. The van der Waals surface area contributed by atoms with Crippen molar-refractivity contribution < 1.29 is 9.59 Å². The normalized spacial score (nSPS) is 16.3. The summed E-state index contributed by atoms with van der Waals surface area (Å²) in [5, 5.41) is 3.93. The lowest BCUT2D eigenvalue weighted by atomic mass is 10.2. The minimum Gasteiger partial charge on any atom is -0.366 e. The summed E-state index contributed by atoms with van der Waals surface area (Å²) in [7, 11) is 1.78. The first kappa shape index (κ1) is 19.2. The van der Waals surface area contributed by atoms with Gasteiger partial charge in [-0.05, 0) is 36.2 Å². The number of anilines is 1. The van der Waals surface area contributed by atoms with Crippen molar-refractivity contribution in [2.75, 3.05) is 25.5 Å². The van der Waals surface area contributed by atoms with Crippen LogP contribution in [0.1, 0.15) is 29.3 Å². The zero-order valence-electron chi connectivity index (χ0n) is 15.5. The molecule has 0 unspecified atom stereocenters. The number of likely N-dealkylation sites (tertiary alicyclic amines) is 1. The number of hydrogen-bond donors (Lipinski definition) is 1. The highest BCUT2D eigenvalue weighted by Crippen LogP contribution is 2.18. The summed E-state index contributed by atoms with van der Waals surface area (Å²) in [6.45, 7) is 3.38. The Labute approximate surface area is 164 Å². The molecule has 0 bridgehead atoms. The van der Waals surface area contributed by atoms with Crippen molar-refractivity contribution in [2.45, 2.75) is 25.9 Å². The van der Waals surface area contributed by atoms with Crippen LogP contribution in [0.2, 0.25) is 5.02 Å². The molecule has 27 heavy (non-hydrogen) atoms. The molecule has 2 amide bonds. The first-order valence-electron chi connectivity index (χ1n) is 8.91. The van der Waals surface area contributed by atoms with Gasteiger partial charge >= 0.3 is 0 Å². The van der Waals surface area contributed by atoms with E-state index in [1.54, 1.807) is 42.1 Å². The van der Waals surface area contributed by atoms with Gasteiger partial charge in [0.1, 0.15) is 5.82 Å². The Kier molecular flexibility index (Phi) is 5.96. The summed E-state index contributed by atoms with van der Waals surface area (Å²) in [5.41, 5.74) is 1.65. The smallest absolute Gasteiger partial charge is 0.255 e. The average Bonchev–Trinajstić information content (AvgIpc) is 3.17. The molecule has 7 heteroatoms. The lowest BCUT2D eigenvalue weighted by Crippen LogP contribution is -2.38. The van der Waals surface area contributed by atoms with Gasteiger partial charge < -0.3 is 15.1 Å². The third-order valence-electron chi connectivity index (χ3n) is 4.89. The number of carbonyl (C=O) groups is 2. The van der Waals surface area contributed by atoms with Crippen LogP contribution in [0, 0.1) is 0 Å². The number of nitrogens with zero attached hydrogens (tertiary/aromatic N) is 3. The Bertz CT molecular complexity index is 808. The molecule has 1 aliphatic heterocycles. The fourth-order valence-corrected chi connectivity index (χ4v) is 3.23. The topological polar surface area (TPSA) is 65.5 Å². The number of carbonyl (C=O) groups excluding carboxylic acids is 2. The SMILES string of the molecule is CC(=O)N(C)[C@H]1CCN(C(=O)c2ccc(NCc3ccc(Cl)cc3)nc2)C1. The number of aromatic nitrogens is 1. The minimum absolute atomic E-state index is 0.0204. The van der Waals surface area contributed by atoms with Crippen LogP contribution in [0.3, 0.4) is 0 Å². The quantitative estimate of drug-likeness (QED) is 0.857. The van der Waals surface area contributed by atoms with Gasteiger partial charge in [-0.3, -0.25) is 9.59 Å². The van der Waals surface area contributed by atoms with Crippen molar-refractivity contribution in [3.8, 4) is 0 Å². The molecule has 0 radical (unpaired) electrons.